The molecule has 0 unspecified atom stereocenters. The second-order valence-corrected chi connectivity index (χ2v) is 6.88. The van der Waals surface area contributed by atoms with Crippen LogP contribution in [0.15, 0.2) is 89.3 Å². The maximum absolute atomic E-state index is 12.7. The third-order valence-electron chi connectivity index (χ3n) is 5.02. The molecule has 5 nitrogen and oxygen atoms in total. The number of amides is 1. The van der Waals surface area contributed by atoms with Gasteiger partial charge in [-0.1, -0.05) is 48.5 Å². The van der Waals surface area contributed by atoms with Crippen LogP contribution in [-0.2, 0) is 0 Å². The fourth-order valence-electron chi connectivity index (χ4n) is 3.56. The highest BCUT2D eigenvalue weighted by Crippen LogP contribution is 2.31. The molecule has 5 rings (SSSR count). The number of hydrogen-bond acceptors (Lipinski definition) is 4. The molecule has 1 amide bonds. The van der Waals surface area contributed by atoms with Crippen molar-refractivity contribution >= 4 is 33.5 Å². The molecule has 30 heavy (non-hydrogen) atoms. The summed E-state index contributed by atoms with van der Waals surface area (Å²) in [5, 5.41) is 5.11. The minimum absolute atomic E-state index is 0.246. The molecule has 4 aromatic carbocycles. The van der Waals surface area contributed by atoms with E-state index in [-0.39, 0.29) is 5.91 Å². The maximum atomic E-state index is 12.7. The number of carbonyl (C=O) groups is 1. The molecule has 0 saturated carbocycles. The second kappa shape index (κ2) is 7.37. The SMILES string of the molecule is COc1ccccc1C(=O)Nc1ccc2oc(-c3cccc4ccccc34)nc2c1. The predicted molar refractivity (Wildman–Crippen MR) is 118 cm³/mol. The Kier molecular flexibility index (Phi) is 4.41. The average Bonchev–Trinajstić information content (AvgIpc) is 3.22. The molecule has 0 spiro atoms. The highest BCUT2D eigenvalue weighted by molar-refractivity contribution is 6.06. The molecule has 146 valence electrons. The van der Waals surface area contributed by atoms with Gasteiger partial charge in [0, 0.05) is 11.3 Å². The molecule has 0 radical (unpaired) electrons. The summed E-state index contributed by atoms with van der Waals surface area (Å²) in [6.07, 6.45) is 0. The van der Waals surface area contributed by atoms with E-state index in [4.69, 9.17) is 9.15 Å². The molecule has 0 bridgehead atoms. The van der Waals surface area contributed by atoms with E-state index in [0.29, 0.717) is 34.0 Å². The summed E-state index contributed by atoms with van der Waals surface area (Å²) < 4.78 is 11.3. The molecule has 5 aromatic rings. The molecule has 0 atom stereocenters. The molecular weight excluding hydrogens is 376 g/mol. The van der Waals surface area contributed by atoms with Crippen molar-refractivity contribution in [3.8, 4) is 17.2 Å². The summed E-state index contributed by atoms with van der Waals surface area (Å²) in [5.41, 5.74) is 3.38. The lowest BCUT2D eigenvalue weighted by atomic mass is 10.0. The number of nitrogens with zero attached hydrogens (tertiary/aromatic N) is 1. The monoisotopic (exact) mass is 394 g/mol. The molecule has 0 aliphatic carbocycles. The zero-order valence-electron chi connectivity index (χ0n) is 16.3. The largest absolute Gasteiger partial charge is 0.496 e. The molecule has 1 N–H and O–H groups in total. The van der Waals surface area contributed by atoms with Gasteiger partial charge in [0.25, 0.3) is 5.91 Å². The van der Waals surface area contributed by atoms with Crippen LogP contribution in [0.4, 0.5) is 5.69 Å². The van der Waals surface area contributed by atoms with E-state index in [1.165, 1.54) is 0 Å². The molecule has 1 aromatic heterocycles. The molecule has 1 heterocycles. The average molecular weight is 394 g/mol. The minimum Gasteiger partial charge on any atom is -0.496 e. The predicted octanol–water partition coefficient (Wildman–Crippen LogP) is 5.91. The lowest BCUT2D eigenvalue weighted by molar-refractivity contribution is 0.102. The van der Waals surface area contributed by atoms with Crippen molar-refractivity contribution < 1.29 is 13.9 Å². The van der Waals surface area contributed by atoms with Crippen LogP contribution in [0.2, 0.25) is 0 Å². The van der Waals surface area contributed by atoms with Crippen molar-refractivity contribution in [1.29, 1.82) is 0 Å². The zero-order valence-corrected chi connectivity index (χ0v) is 16.3. The van der Waals surface area contributed by atoms with E-state index >= 15 is 0 Å². The summed E-state index contributed by atoms with van der Waals surface area (Å²) >= 11 is 0. The Balaban J connectivity index is 1.49. The van der Waals surface area contributed by atoms with Gasteiger partial charge in [-0.15, -0.1) is 0 Å². The number of ether oxygens (including phenoxy) is 1. The third-order valence-corrected chi connectivity index (χ3v) is 5.02. The van der Waals surface area contributed by atoms with Crippen molar-refractivity contribution in [3.63, 3.8) is 0 Å². The number of hydrogen-bond donors (Lipinski definition) is 1. The number of benzene rings is 4. The fourth-order valence-corrected chi connectivity index (χ4v) is 3.56. The number of aromatic nitrogens is 1. The van der Waals surface area contributed by atoms with E-state index in [0.717, 1.165) is 16.3 Å². The third kappa shape index (κ3) is 3.16. The van der Waals surface area contributed by atoms with Gasteiger partial charge >= 0.3 is 0 Å². The van der Waals surface area contributed by atoms with Gasteiger partial charge in [0.1, 0.15) is 11.3 Å². The summed E-state index contributed by atoms with van der Waals surface area (Å²) in [7, 11) is 1.54. The number of nitrogens with one attached hydrogen (secondary N) is 1. The van der Waals surface area contributed by atoms with Crippen LogP contribution in [0.3, 0.4) is 0 Å². The van der Waals surface area contributed by atoms with Crippen LogP contribution < -0.4 is 10.1 Å². The van der Waals surface area contributed by atoms with Gasteiger partial charge in [-0.25, -0.2) is 4.98 Å². The number of methoxy groups -OCH3 is 1. The molecular formula is C25H18N2O3. The number of carbonyl (C=O) groups excluding carboxylic acids is 1. The van der Waals surface area contributed by atoms with Crippen molar-refractivity contribution in [2.75, 3.05) is 12.4 Å². The first-order chi connectivity index (χ1) is 14.7. The first-order valence-corrected chi connectivity index (χ1v) is 9.56. The minimum atomic E-state index is -0.246. The molecule has 0 fully saturated rings. The Hall–Kier alpha value is -4.12. The quantitative estimate of drug-likeness (QED) is 0.412. The molecule has 0 aliphatic heterocycles. The number of rotatable bonds is 4. The fraction of sp³-hybridized carbons (Fsp3) is 0.0400. The summed E-state index contributed by atoms with van der Waals surface area (Å²) in [6, 6.07) is 26.7. The topological polar surface area (TPSA) is 64.4 Å². The van der Waals surface area contributed by atoms with Gasteiger partial charge in [0.05, 0.1) is 12.7 Å². The van der Waals surface area contributed by atoms with Crippen LogP contribution in [-0.4, -0.2) is 18.0 Å². The van der Waals surface area contributed by atoms with E-state index in [1.54, 1.807) is 37.4 Å². The van der Waals surface area contributed by atoms with E-state index in [9.17, 15) is 4.79 Å². The van der Waals surface area contributed by atoms with Gasteiger partial charge in [-0.05, 0) is 47.2 Å². The zero-order chi connectivity index (χ0) is 20.5. The molecule has 0 saturated heterocycles. The van der Waals surface area contributed by atoms with Crippen LogP contribution in [0.25, 0.3) is 33.3 Å². The van der Waals surface area contributed by atoms with Crippen LogP contribution in [0, 0.1) is 0 Å². The standard InChI is InChI=1S/C25H18N2O3/c1-29-22-12-5-4-10-20(22)24(28)26-17-13-14-23-21(15-17)27-25(30-23)19-11-6-8-16-7-2-3-9-18(16)19/h2-15H,1H3,(H,26,28). The molecule has 0 aliphatic rings. The normalized spacial score (nSPS) is 11.0. The highest BCUT2D eigenvalue weighted by Gasteiger charge is 2.14. The van der Waals surface area contributed by atoms with Gasteiger partial charge in [-0.2, -0.15) is 0 Å². The number of oxazole rings is 1. The van der Waals surface area contributed by atoms with Crippen LogP contribution in [0.1, 0.15) is 10.4 Å². The van der Waals surface area contributed by atoms with Crippen LogP contribution >= 0.6 is 0 Å². The van der Waals surface area contributed by atoms with Gasteiger partial charge < -0.3 is 14.5 Å². The van der Waals surface area contributed by atoms with Crippen molar-refractivity contribution in [3.05, 3.63) is 90.5 Å². The Morgan fingerprint density at radius 2 is 1.73 bits per heavy atom. The van der Waals surface area contributed by atoms with Crippen molar-refractivity contribution in [2.45, 2.75) is 0 Å². The van der Waals surface area contributed by atoms with Gasteiger partial charge in [0.2, 0.25) is 5.89 Å². The summed E-state index contributed by atoms with van der Waals surface area (Å²) in [5.74, 6) is 0.829. The number of fused-ring (bicyclic) bond motifs is 2. The molecule has 5 heteroatoms. The summed E-state index contributed by atoms with van der Waals surface area (Å²) in [6.45, 7) is 0. The van der Waals surface area contributed by atoms with Crippen molar-refractivity contribution in [1.82, 2.24) is 4.98 Å². The maximum Gasteiger partial charge on any atom is 0.259 e. The first-order valence-electron chi connectivity index (χ1n) is 9.56. The highest BCUT2D eigenvalue weighted by atomic mass is 16.5. The Labute approximate surface area is 172 Å². The Bertz CT molecular complexity index is 1380. The second-order valence-electron chi connectivity index (χ2n) is 6.88. The summed E-state index contributed by atoms with van der Waals surface area (Å²) in [4.78, 5) is 17.3. The van der Waals surface area contributed by atoms with E-state index < -0.39 is 0 Å². The lowest BCUT2D eigenvalue weighted by Gasteiger charge is -2.08. The van der Waals surface area contributed by atoms with Gasteiger partial charge in [0.15, 0.2) is 5.58 Å². The smallest absolute Gasteiger partial charge is 0.259 e. The Morgan fingerprint density at radius 3 is 2.63 bits per heavy atom. The van der Waals surface area contributed by atoms with E-state index in [1.807, 2.05) is 36.4 Å². The lowest BCUT2D eigenvalue weighted by Crippen LogP contribution is -2.13. The van der Waals surface area contributed by atoms with Gasteiger partial charge in [-0.3, -0.25) is 4.79 Å². The van der Waals surface area contributed by atoms with E-state index in [2.05, 4.69) is 28.5 Å². The number of anilines is 1. The number of para-hydroxylation sites is 1. The van der Waals surface area contributed by atoms with Crippen molar-refractivity contribution in [2.24, 2.45) is 0 Å². The Morgan fingerprint density at radius 1 is 0.933 bits per heavy atom. The van der Waals surface area contributed by atoms with Crippen LogP contribution in [0.5, 0.6) is 5.75 Å². The first kappa shape index (κ1) is 17.9.